The van der Waals surface area contributed by atoms with Gasteiger partial charge in [-0.25, -0.2) is 4.39 Å². The molecule has 1 fully saturated rings. The Hall–Kier alpha value is -1.72. The summed E-state index contributed by atoms with van der Waals surface area (Å²) in [5.41, 5.74) is 0. The second kappa shape index (κ2) is 9.68. The molecule has 1 aliphatic carbocycles. The molecule has 1 saturated carbocycles. The highest BCUT2D eigenvalue weighted by molar-refractivity contribution is 5.35. The Labute approximate surface area is 145 Å². The summed E-state index contributed by atoms with van der Waals surface area (Å²) in [4.78, 5) is 0. The number of benzene rings is 1. The van der Waals surface area contributed by atoms with Gasteiger partial charge >= 0.3 is 0 Å². The first kappa shape index (κ1) is 19.6. The maximum absolute atomic E-state index is 14.0. The van der Waals surface area contributed by atoms with Crippen LogP contribution in [0.2, 0.25) is 0 Å². The average Bonchev–Trinajstić information content (AvgIpc) is 2.60. The third-order valence-electron chi connectivity index (χ3n) is 4.43. The third-order valence-corrected chi connectivity index (χ3v) is 4.43. The van der Waals surface area contributed by atoms with Crippen molar-refractivity contribution < 1.29 is 27.0 Å². The van der Waals surface area contributed by atoms with Crippen LogP contribution in [0.3, 0.4) is 0 Å². The van der Waals surface area contributed by atoms with Gasteiger partial charge in [-0.15, -0.1) is 0 Å². The van der Waals surface area contributed by atoms with Gasteiger partial charge in [0.1, 0.15) is 0 Å². The van der Waals surface area contributed by atoms with E-state index in [0.717, 1.165) is 25.7 Å². The smallest absolute Gasteiger partial charge is 0.204 e. The first-order valence-corrected chi connectivity index (χ1v) is 8.70. The Kier molecular flexibility index (Phi) is 7.59. The predicted molar refractivity (Wildman–Crippen MR) is 88.3 cm³/mol. The maximum atomic E-state index is 14.0. The predicted octanol–water partition coefficient (Wildman–Crippen LogP) is 5.76. The van der Waals surface area contributed by atoms with Crippen LogP contribution in [0.25, 0.3) is 0 Å². The Morgan fingerprint density at radius 3 is 2.24 bits per heavy atom. The van der Waals surface area contributed by atoms with Crippen molar-refractivity contribution in [1.29, 1.82) is 0 Å². The summed E-state index contributed by atoms with van der Waals surface area (Å²) in [6.45, 7) is 1.54. The lowest BCUT2D eigenvalue weighted by Gasteiger charge is -2.26. The molecule has 0 heterocycles. The highest BCUT2D eigenvalue weighted by Gasteiger charge is 2.22. The molecule has 0 spiro atoms. The summed E-state index contributed by atoms with van der Waals surface area (Å²) in [5.74, 6) is -2.42. The average molecular weight is 360 g/mol. The third kappa shape index (κ3) is 5.65. The fraction of sp³-hybridized carbons (Fsp3) is 0.579. The molecule has 0 atom stereocenters. The normalized spacial score (nSPS) is 21.2. The number of ether oxygens (including phenoxy) is 2. The topological polar surface area (TPSA) is 18.5 Å². The molecule has 2 rings (SSSR count). The van der Waals surface area contributed by atoms with Gasteiger partial charge in [-0.3, -0.25) is 4.39 Å². The van der Waals surface area contributed by atoms with Crippen molar-refractivity contribution in [2.75, 3.05) is 19.9 Å². The van der Waals surface area contributed by atoms with E-state index in [1.54, 1.807) is 6.92 Å². The van der Waals surface area contributed by atoms with Crippen molar-refractivity contribution >= 4 is 0 Å². The standard InChI is InChI=1S/C19H24F4O2/c1-2-24-16-7-8-17(19(23)18(16)22)25-12-14-5-3-13(4-6-14)11-15(21)9-10-20/h7-8,11,13-14H,2-6,9-10,12H2,1H3/b15-11-. The molecule has 0 N–H and O–H groups in total. The van der Waals surface area contributed by atoms with E-state index in [-0.39, 0.29) is 43.0 Å². The zero-order valence-electron chi connectivity index (χ0n) is 14.4. The molecule has 0 aromatic heterocycles. The van der Waals surface area contributed by atoms with E-state index in [1.807, 2.05) is 0 Å². The molecule has 0 saturated heterocycles. The van der Waals surface area contributed by atoms with Crippen LogP contribution in [0.1, 0.15) is 39.0 Å². The molecule has 1 aromatic rings. The zero-order valence-corrected chi connectivity index (χ0v) is 14.4. The van der Waals surface area contributed by atoms with Gasteiger partial charge in [-0.2, -0.15) is 8.78 Å². The number of alkyl halides is 1. The van der Waals surface area contributed by atoms with Crippen molar-refractivity contribution in [2.24, 2.45) is 11.8 Å². The lowest BCUT2D eigenvalue weighted by molar-refractivity contribution is 0.186. The molecule has 0 radical (unpaired) electrons. The molecule has 6 heteroatoms. The van der Waals surface area contributed by atoms with E-state index in [4.69, 9.17) is 9.47 Å². The molecule has 0 aliphatic heterocycles. The summed E-state index contributed by atoms with van der Waals surface area (Å²) < 4.78 is 63.6. The summed E-state index contributed by atoms with van der Waals surface area (Å²) in [7, 11) is 0. The second-order valence-electron chi connectivity index (χ2n) is 6.27. The molecule has 2 nitrogen and oxygen atoms in total. The van der Waals surface area contributed by atoms with Crippen LogP contribution in [-0.4, -0.2) is 19.9 Å². The van der Waals surface area contributed by atoms with Gasteiger partial charge in [-0.1, -0.05) is 0 Å². The van der Waals surface area contributed by atoms with E-state index in [9.17, 15) is 17.6 Å². The van der Waals surface area contributed by atoms with Crippen LogP contribution in [0.15, 0.2) is 24.0 Å². The number of halogens is 4. The van der Waals surface area contributed by atoms with Gasteiger partial charge in [0.05, 0.1) is 25.7 Å². The molecular formula is C19H24F4O2. The van der Waals surface area contributed by atoms with Gasteiger partial charge in [0, 0.05) is 6.42 Å². The van der Waals surface area contributed by atoms with Crippen molar-refractivity contribution in [2.45, 2.75) is 39.0 Å². The minimum Gasteiger partial charge on any atom is -0.491 e. The van der Waals surface area contributed by atoms with Crippen molar-refractivity contribution in [1.82, 2.24) is 0 Å². The largest absolute Gasteiger partial charge is 0.491 e. The molecule has 0 unspecified atom stereocenters. The van der Waals surface area contributed by atoms with Gasteiger partial charge < -0.3 is 9.47 Å². The molecule has 1 aromatic carbocycles. The van der Waals surface area contributed by atoms with Crippen LogP contribution >= 0.6 is 0 Å². The van der Waals surface area contributed by atoms with Gasteiger partial charge in [0.25, 0.3) is 0 Å². The molecule has 25 heavy (non-hydrogen) atoms. The fourth-order valence-electron chi connectivity index (χ4n) is 3.05. The van der Waals surface area contributed by atoms with Crippen molar-refractivity contribution in [3.05, 3.63) is 35.7 Å². The first-order chi connectivity index (χ1) is 12.0. The number of hydrogen-bond donors (Lipinski definition) is 0. The molecule has 140 valence electrons. The SMILES string of the molecule is CCOc1ccc(OCC2CCC(/C=C(\F)CCF)CC2)c(F)c1F. The lowest BCUT2D eigenvalue weighted by Crippen LogP contribution is -2.19. The Morgan fingerprint density at radius 2 is 1.68 bits per heavy atom. The van der Waals surface area contributed by atoms with Crippen molar-refractivity contribution in [3.8, 4) is 11.5 Å². The van der Waals surface area contributed by atoms with Gasteiger partial charge in [-0.05, 0) is 62.7 Å². The molecule has 0 bridgehead atoms. The monoisotopic (exact) mass is 360 g/mol. The van der Waals surface area contributed by atoms with E-state index >= 15 is 0 Å². The Balaban J connectivity index is 1.83. The van der Waals surface area contributed by atoms with Crippen LogP contribution in [0.5, 0.6) is 11.5 Å². The summed E-state index contributed by atoms with van der Waals surface area (Å²) in [6.07, 6.45) is 4.54. The summed E-state index contributed by atoms with van der Waals surface area (Å²) in [5, 5.41) is 0. The van der Waals surface area contributed by atoms with Crippen LogP contribution in [-0.2, 0) is 0 Å². The first-order valence-electron chi connectivity index (χ1n) is 8.70. The molecular weight excluding hydrogens is 336 g/mol. The summed E-state index contributed by atoms with van der Waals surface area (Å²) in [6, 6.07) is 2.72. The quantitative estimate of drug-likeness (QED) is 0.549. The minimum absolute atomic E-state index is 0.113. The second-order valence-corrected chi connectivity index (χ2v) is 6.27. The van der Waals surface area contributed by atoms with Crippen LogP contribution < -0.4 is 9.47 Å². The van der Waals surface area contributed by atoms with Crippen molar-refractivity contribution in [3.63, 3.8) is 0 Å². The van der Waals surface area contributed by atoms with E-state index in [0.29, 0.717) is 0 Å². The highest BCUT2D eigenvalue weighted by atomic mass is 19.2. The van der Waals surface area contributed by atoms with E-state index in [1.165, 1.54) is 18.2 Å². The van der Waals surface area contributed by atoms with E-state index in [2.05, 4.69) is 0 Å². The number of hydrogen-bond acceptors (Lipinski definition) is 2. The lowest BCUT2D eigenvalue weighted by atomic mass is 9.82. The zero-order chi connectivity index (χ0) is 18.2. The van der Waals surface area contributed by atoms with Gasteiger partial charge in [0.2, 0.25) is 11.6 Å². The fourth-order valence-corrected chi connectivity index (χ4v) is 3.05. The number of allylic oxidation sites excluding steroid dienone is 2. The van der Waals surface area contributed by atoms with E-state index < -0.39 is 24.1 Å². The minimum atomic E-state index is -1.05. The van der Waals surface area contributed by atoms with Crippen LogP contribution in [0, 0.1) is 23.5 Å². The summed E-state index contributed by atoms with van der Waals surface area (Å²) >= 11 is 0. The highest BCUT2D eigenvalue weighted by Crippen LogP contribution is 2.33. The van der Waals surface area contributed by atoms with Gasteiger partial charge in [0.15, 0.2) is 11.5 Å². The maximum Gasteiger partial charge on any atom is 0.204 e. The molecule has 1 aliphatic rings. The van der Waals surface area contributed by atoms with Crippen LogP contribution in [0.4, 0.5) is 17.6 Å². The molecule has 0 amide bonds. The number of rotatable bonds is 8. The Bertz CT molecular complexity index is 581. The Morgan fingerprint density at radius 1 is 1.08 bits per heavy atom.